The maximum Gasteiger partial charge on any atom is 0.243 e. The summed E-state index contributed by atoms with van der Waals surface area (Å²) in [5.74, 6) is 1.13. The molecule has 5 rings (SSSR count). The second-order valence-corrected chi connectivity index (χ2v) is 9.77. The lowest BCUT2D eigenvalue weighted by Crippen LogP contribution is -2.55. The Morgan fingerprint density at radius 1 is 1.06 bits per heavy atom. The molecule has 7 nitrogen and oxygen atoms in total. The van der Waals surface area contributed by atoms with Crippen molar-refractivity contribution in [2.45, 2.75) is 17.5 Å². The number of hydrogen-bond donors (Lipinski definition) is 1. The van der Waals surface area contributed by atoms with Crippen LogP contribution < -0.4 is 10.5 Å². The average Bonchev–Trinajstić information content (AvgIpc) is 3.11. The first kappa shape index (κ1) is 20.0. The first-order valence-electron chi connectivity index (χ1n) is 9.74. The highest BCUT2D eigenvalue weighted by molar-refractivity contribution is 7.89. The molecule has 2 aliphatic rings. The van der Waals surface area contributed by atoms with Crippen molar-refractivity contribution in [1.29, 1.82) is 0 Å². The van der Waals surface area contributed by atoms with Gasteiger partial charge in [-0.1, -0.05) is 35.9 Å². The lowest BCUT2D eigenvalue weighted by atomic mass is 10.1. The SMILES string of the molecule is NC1=NCc2ccc(-c3ccc(S(=O)(=O)N4CC(Oc5ccccc5)C4)cc3Cl)nc21. The van der Waals surface area contributed by atoms with Gasteiger partial charge in [-0.25, -0.2) is 13.4 Å². The van der Waals surface area contributed by atoms with Crippen molar-refractivity contribution >= 4 is 27.5 Å². The number of sulfonamides is 1. The highest BCUT2D eigenvalue weighted by Gasteiger charge is 2.38. The third kappa shape index (κ3) is 3.67. The first-order valence-corrected chi connectivity index (χ1v) is 11.6. The minimum absolute atomic E-state index is 0.140. The minimum atomic E-state index is -3.66. The second kappa shape index (κ2) is 7.64. The van der Waals surface area contributed by atoms with Gasteiger partial charge in [0.05, 0.1) is 35.2 Å². The highest BCUT2D eigenvalue weighted by atomic mass is 35.5. The summed E-state index contributed by atoms with van der Waals surface area (Å²) in [6.07, 6.45) is -0.172. The number of fused-ring (bicyclic) bond motifs is 1. The van der Waals surface area contributed by atoms with Crippen LogP contribution in [0.1, 0.15) is 11.3 Å². The molecule has 31 heavy (non-hydrogen) atoms. The van der Waals surface area contributed by atoms with E-state index in [4.69, 9.17) is 22.1 Å². The lowest BCUT2D eigenvalue weighted by Gasteiger charge is -2.37. The zero-order valence-corrected chi connectivity index (χ0v) is 18.0. The zero-order valence-electron chi connectivity index (χ0n) is 16.4. The van der Waals surface area contributed by atoms with Crippen molar-refractivity contribution in [2.24, 2.45) is 10.7 Å². The number of nitrogens with zero attached hydrogens (tertiary/aromatic N) is 3. The summed E-state index contributed by atoms with van der Waals surface area (Å²) in [5, 5.41) is 0.305. The molecule has 158 valence electrons. The van der Waals surface area contributed by atoms with Gasteiger partial charge in [-0.15, -0.1) is 0 Å². The molecular formula is C22H19ClN4O3S. The Hall–Kier alpha value is -2.94. The first-order chi connectivity index (χ1) is 14.9. The molecule has 2 aliphatic heterocycles. The quantitative estimate of drug-likeness (QED) is 0.638. The van der Waals surface area contributed by atoms with E-state index in [1.54, 1.807) is 12.1 Å². The van der Waals surface area contributed by atoms with E-state index in [-0.39, 0.29) is 11.0 Å². The van der Waals surface area contributed by atoms with Crippen LogP contribution >= 0.6 is 11.6 Å². The summed E-state index contributed by atoms with van der Waals surface area (Å²) < 4.78 is 33.1. The van der Waals surface area contributed by atoms with Crippen molar-refractivity contribution in [3.8, 4) is 17.0 Å². The molecule has 2 N–H and O–H groups in total. The number of nitrogens with two attached hydrogens (primary N) is 1. The molecule has 3 heterocycles. The fourth-order valence-electron chi connectivity index (χ4n) is 3.61. The average molecular weight is 455 g/mol. The van der Waals surface area contributed by atoms with Gasteiger partial charge < -0.3 is 10.5 Å². The van der Waals surface area contributed by atoms with Crippen molar-refractivity contribution in [3.05, 3.63) is 76.9 Å². The van der Waals surface area contributed by atoms with Crippen molar-refractivity contribution < 1.29 is 13.2 Å². The predicted octanol–water partition coefficient (Wildman–Crippen LogP) is 3.07. The summed E-state index contributed by atoms with van der Waals surface area (Å²) in [6, 6.07) is 17.8. The van der Waals surface area contributed by atoms with Crippen LogP contribution in [0.25, 0.3) is 11.3 Å². The van der Waals surface area contributed by atoms with Gasteiger partial charge >= 0.3 is 0 Å². The number of hydrogen-bond acceptors (Lipinski definition) is 6. The van der Waals surface area contributed by atoms with Crippen LogP contribution in [0.3, 0.4) is 0 Å². The van der Waals surface area contributed by atoms with E-state index >= 15 is 0 Å². The summed E-state index contributed by atoms with van der Waals surface area (Å²) in [6.45, 7) is 1.10. The van der Waals surface area contributed by atoms with Gasteiger partial charge in [0, 0.05) is 11.1 Å². The monoisotopic (exact) mass is 454 g/mol. The zero-order chi connectivity index (χ0) is 21.6. The van der Waals surface area contributed by atoms with Gasteiger partial charge in [-0.3, -0.25) is 4.99 Å². The van der Waals surface area contributed by atoms with Gasteiger partial charge in [0.15, 0.2) is 0 Å². The Kier molecular flexibility index (Phi) is 4.92. The second-order valence-electron chi connectivity index (χ2n) is 7.42. The number of benzene rings is 2. The maximum atomic E-state index is 13.0. The van der Waals surface area contributed by atoms with Crippen LogP contribution in [0.5, 0.6) is 5.75 Å². The maximum absolute atomic E-state index is 13.0. The minimum Gasteiger partial charge on any atom is -0.488 e. The largest absolute Gasteiger partial charge is 0.488 e. The van der Waals surface area contributed by atoms with Crippen molar-refractivity contribution in [2.75, 3.05) is 13.1 Å². The van der Waals surface area contributed by atoms with E-state index in [1.807, 2.05) is 42.5 Å². The summed E-state index contributed by atoms with van der Waals surface area (Å²) in [7, 11) is -3.66. The molecule has 0 unspecified atom stereocenters. The molecule has 0 bridgehead atoms. The van der Waals surface area contributed by atoms with E-state index in [2.05, 4.69) is 9.98 Å². The van der Waals surface area contributed by atoms with Gasteiger partial charge in [0.25, 0.3) is 0 Å². The number of aliphatic imine (C=N–C) groups is 1. The van der Waals surface area contributed by atoms with Crippen molar-refractivity contribution in [1.82, 2.24) is 9.29 Å². The standard InChI is InChI=1S/C22H19ClN4O3S/c23-19-10-17(7-8-18(19)20-9-6-14-11-25-22(24)21(14)26-20)31(28,29)27-12-16(13-27)30-15-4-2-1-3-5-15/h1-10,16H,11-13H2,(H2,24,25). The molecule has 0 radical (unpaired) electrons. The van der Waals surface area contributed by atoms with E-state index < -0.39 is 10.0 Å². The number of pyridine rings is 1. The smallest absolute Gasteiger partial charge is 0.243 e. The number of para-hydroxylation sites is 1. The Morgan fingerprint density at radius 3 is 2.58 bits per heavy atom. The third-order valence-electron chi connectivity index (χ3n) is 5.36. The topological polar surface area (TPSA) is 97.9 Å². The number of rotatable bonds is 5. The fraction of sp³-hybridized carbons (Fsp3) is 0.182. The van der Waals surface area contributed by atoms with Crippen LogP contribution in [0.15, 0.2) is 70.6 Å². The molecule has 2 aromatic carbocycles. The predicted molar refractivity (Wildman–Crippen MR) is 119 cm³/mol. The van der Waals surface area contributed by atoms with Gasteiger partial charge in [-0.05, 0) is 36.4 Å². The number of amidine groups is 1. The molecule has 0 spiro atoms. The van der Waals surface area contributed by atoms with Crippen LogP contribution in [0.4, 0.5) is 0 Å². The normalized spacial score (nSPS) is 16.5. The van der Waals surface area contributed by atoms with E-state index in [1.165, 1.54) is 10.4 Å². The molecule has 9 heteroatoms. The van der Waals surface area contributed by atoms with E-state index in [9.17, 15) is 8.42 Å². The molecule has 3 aromatic rings. The van der Waals surface area contributed by atoms with Crippen molar-refractivity contribution in [3.63, 3.8) is 0 Å². The Labute approximate surface area is 185 Å². The lowest BCUT2D eigenvalue weighted by molar-refractivity contribution is 0.0762. The molecule has 1 fully saturated rings. The van der Waals surface area contributed by atoms with E-state index in [0.29, 0.717) is 47.4 Å². The van der Waals surface area contributed by atoms with Crippen LogP contribution in [0.2, 0.25) is 5.02 Å². The molecule has 1 saturated heterocycles. The molecule has 0 saturated carbocycles. The molecule has 1 aromatic heterocycles. The highest BCUT2D eigenvalue weighted by Crippen LogP contribution is 2.32. The Bertz CT molecular complexity index is 1290. The number of ether oxygens (including phenoxy) is 1. The Morgan fingerprint density at radius 2 is 1.84 bits per heavy atom. The molecule has 0 amide bonds. The van der Waals surface area contributed by atoms with Gasteiger partial charge in [-0.2, -0.15) is 4.31 Å². The number of aromatic nitrogens is 1. The van der Waals surface area contributed by atoms with Crippen LogP contribution in [-0.4, -0.2) is 42.7 Å². The number of halogens is 1. The summed E-state index contributed by atoms with van der Waals surface area (Å²) in [5.41, 5.74) is 8.75. The third-order valence-corrected chi connectivity index (χ3v) is 7.50. The summed E-state index contributed by atoms with van der Waals surface area (Å²) in [4.78, 5) is 8.87. The molecule has 0 aliphatic carbocycles. The van der Waals surface area contributed by atoms with Gasteiger partial charge in [0.2, 0.25) is 10.0 Å². The van der Waals surface area contributed by atoms with Gasteiger partial charge in [0.1, 0.15) is 23.4 Å². The molecular weight excluding hydrogens is 436 g/mol. The van der Waals surface area contributed by atoms with E-state index in [0.717, 1.165) is 11.3 Å². The Balaban J connectivity index is 1.33. The fourth-order valence-corrected chi connectivity index (χ4v) is 5.48. The summed E-state index contributed by atoms with van der Waals surface area (Å²) >= 11 is 6.45. The molecule has 0 atom stereocenters. The van der Waals surface area contributed by atoms with Crippen LogP contribution in [0, 0.1) is 0 Å². The van der Waals surface area contributed by atoms with Crippen LogP contribution in [-0.2, 0) is 16.6 Å².